The van der Waals surface area contributed by atoms with E-state index in [2.05, 4.69) is 52.2 Å². The van der Waals surface area contributed by atoms with Crippen molar-refractivity contribution in [3.05, 3.63) is 47.5 Å². The van der Waals surface area contributed by atoms with Crippen LogP contribution in [0.1, 0.15) is 109 Å². The third kappa shape index (κ3) is 12.4. The van der Waals surface area contributed by atoms with Crippen molar-refractivity contribution in [2.24, 2.45) is 34.2 Å². The number of carboxylic acids is 1. The van der Waals surface area contributed by atoms with Crippen molar-refractivity contribution in [2.45, 2.75) is 154 Å². The number of nitrogens with one attached hydrogen (secondary N) is 8. The Morgan fingerprint density at radius 3 is 2.23 bits per heavy atom. The van der Waals surface area contributed by atoms with E-state index < -0.39 is 107 Å². The lowest BCUT2D eigenvalue weighted by atomic mass is 9.81. The molecule has 5 aliphatic rings. The lowest BCUT2D eigenvalue weighted by Crippen LogP contribution is -2.61. The van der Waals surface area contributed by atoms with E-state index in [1.54, 1.807) is 24.6 Å². The summed E-state index contributed by atoms with van der Waals surface area (Å²) in [5.74, 6) is -7.88. The Bertz CT molecular complexity index is 2690. The molecule has 3 aromatic rings. The van der Waals surface area contributed by atoms with Gasteiger partial charge in [-0.2, -0.15) is 0 Å². The maximum absolute atomic E-state index is 15.3. The number of aliphatic imine (C=N–C) groups is 1. The molecule has 2 aromatic heterocycles. The highest BCUT2D eigenvalue weighted by Gasteiger charge is 2.43. The van der Waals surface area contributed by atoms with Crippen molar-refractivity contribution < 1.29 is 48.3 Å². The number of aromatic nitrogens is 3. The maximum atomic E-state index is 15.3. The zero-order valence-corrected chi connectivity index (χ0v) is 42.7. The number of imidazole rings is 1. The zero-order chi connectivity index (χ0) is 53.7. The number of carboxylic acid groups (broad SMARTS) is 1. The number of hydrogen-bond acceptors (Lipinski definition) is 11. The fourth-order valence-electron chi connectivity index (χ4n) is 10.5. The first-order valence-corrected chi connectivity index (χ1v) is 25.5. The van der Waals surface area contributed by atoms with E-state index in [1.807, 2.05) is 45.9 Å². The Morgan fingerprint density at radius 2 is 1.57 bits per heavy atom. The van der Waals surface area contributed by atoms with Gasteiger partial charge in [-0.15, -0.1) is 0 Å². The number of guanidine groups is 1. The SMILES string of the molecule is CC(C)C[C@@H]1NC(=O)[C@@H](NC(=O)[C@@H]2CCC(=O)N2)[C@H](C(C)C)c2ccc3c4c([nH]c3c2)-n2cnc(c2)C[C@H](C(=O)O)NC(=O)[C@H](CCCN=C(N)N)NC(=O)[C@@H]2CCCN2C(=O)[C@H](C4)NC(=O)[C@H](C(C)C)NC1=O. The van der Waals surface area contributed by atoms with Crippen LogP contribution in [0.5, 0.6) is 0 Å². The third-order valence-corrected chi connectivity index (χ3v) is 14.2. The molecule has 7 heterocycles. The van der Waals surface area contributed by atoms with Gasteiger partial charge < -0.3 is 63.7 Å². The van der Waals surface area contributed by atoms with Gasteiger partial charge in [0.05, 0.1) is 5.69 Å². The summed E-state index contributed by atoms with van der Waals surface area (Å²) in [4.78, 5) is 140. The van der Waals surface area contributed by atoms with Crippen LogP contribution in [0.25, 0.3) is 16.7 Å². The number of nitrogens with two attached hydrogens (primary N) is 2. The summed E-state index contributed by atoms with van der Waals surface area (Å²) in [6, 6.07) is -4.35. The van der Waals surface area contributed by atoms with Crippen LogP contribution in [0.15, 0.2) is 35.7 Å². The monoisotopic (exact) mass is 1030 g/mol. The molecule has 0 radical (unpaired) electrons. The average Bonchev–Trinajstić information content (AvgIpc) is 4.17. The normalized spacial score (nSPS) is 26.3. The lowest BCUT2D eigenvalue weighted by molar-refractivity contribution is -0.143. The van der Waals surface area contributed by atoms with Crippen molar-refractivity contribution in [1.29, 1.82) is 0 Å². The predicted octanol–water partition coefficient (Wildman–Crippen LogP) is -0.776. The molecule has 9 atom stereocenters. The molecule has 7 bridgehead atoms. The van der Waals surface area contributed by atoms with Gasteiger partial charge in [0, 0.05) is 60.9 Å². The van der Waals surface area contributed by atoms with Gasteiger partial charge in [0.25, 0.3) is 0 Å². The minimum absolute atomic E-state index is 0.00936. The molecular weight excluding hydrogens is 957 g/mol. The molecule has 74 heavy (non-hydrogen) atoms. The third-order valence-electron chi connectivity index (χ3n) is 14.2. The Hall–Kier alpha value is -7.53. The van der Waals surface area contributed by atoms with Crippen LogP contribution >= 0.6 is 0 Å². The highest BCUT2D eigenvalue weighted by atomic mass is 16.4. The second-order valence-corrected chi connectivity index (χ2v) is 20.9. The molecule has 1 aromatic carbocycles. The van der Waals surface area contributed by atoms with E-state index in [1.165, 1.54) is 11.2 Å². The molecule has 0 unspecified atom stereocenters. The van der Waals surface area contributed by atoms with Gasteiger partial charge >= 0.3 is 5.97 Å². The number of benzene rings is 1. The van der Waals surface area contributed by atoms with E-state index >= 15 is 4.79 Å². The first-order chi connectivity index (χ1) is 35.1. The summed E-state index contributed by atoms with van der Waals surface area (Å²) in [6.45, 7) is 11.2. The Kier molecular flexibility index (Phi) is 17.0. The number of H-pyrrole nitrogens is 1. The van der Waals surface area contributed by atoms with Crippen LogP contribution in [0.3, 0.4) is 0 Å². The Balaban J connectivity index is 1.41. The highest BCUT2D eigenvalue weighted by molar-refractivity contribution is 6.00. The number of aromatic amines is 1. The van der Waals surface area contributed by atoms with Crippen LogP contribution in [-0.4, -0.2) is 145 Å². The molecule has 0 spiro atoms. The van der Waals surface area contributed by atoms with Crippen LogP contribution < -0.4 is 48.7 Å². The van der Waals surface area contributed by atoms with Crippen LogP contribution in [0.4, 0.5) is 0 Å². The van der Waals surface area contributed by atoms with Gasteiger partial charge in [0.2, 0.25) is 47.3 Å². The number of carbonyl (C=O) groups excluding carboxylic acids is 8. The first kappa shape index (κ1) is 54.2. The molecule has 0 saturated carbocycles. The number of carbonyl (C=O) groups is 9. The molecule has 5 aliphatic heterocycles. The minimum atomic E-state index is -1.49. The molecule has 2 fully saturated rings. The van der Waals surface area contributed by atoms with Gasteiger partial charge in [0.1, 0.15) is 60.5 Å². The van der Waals surface area contributed by atoms with Crippen molar-refractivity contribution in [3.8, 4) is 5.82 Å². The molecule has 8 rings (SSSR count). The number of amides is 8. The van der Waals surface area contributed by atoms with Gasteiger partial charge in [-0.1, -0.05) is 53.7 Å². The van der Waals surface area contributed by atoms with Crippen LogP contribution in [-0.2, 0) is 56.0 Å². The van der Waals surface area contributed by atoms with E-state index in [-0.39, 0.29) is 93.9 Å². The van der Waals surface area contributed by atoms with E-state index in [9.17, 15) is 43.5 Å². The average molecular weight is 1030 g/mol. The smallest absolute Gasteiger partial charge is 0.326 e. The van der Waals surface area contributed by atoms with E-state index in [4.69, 9.17) is 11.5 Å². The number of fused-ring (bicyclic) bond motifs is 14. The fourth-order valence-corrected chi connectivity index (χ4v) is 10.5. The molecule has 8 amide bonds. The highest BCUT2D eigenvalue weighted by Crippen LogP contribution is 2.35. The second kappa shape index (κ2) is 23.1. The van der Waals surface area contributed by atoms with Gasteiger partial charge in [-0.05, 0) is 67.9 Å². The van der Waals surface area contributed by atoms with Crippen LogP contribution in [0, 0.1) is 17.8 Å². The van der Waals surface area contributed by atoms with Crippen molar-refractivity contribution in [2.75, 3.05) is 13.1 Å². The molecule has 0 aliphatic carbocycles. The first-order valence-electron chi connectivity index (χ1n) is 25.5. The zero-order valence-electron chi connectivity index (χ0n) is 42.7. The maximum Gasteiger partial charge on any atom is 0.326 e. The molecular formula is C50H70N14O10. The van der Waals surface area contributed by atoms with Crippen molar-refractivity contribution >= 4 is 70.1 Å². The number of nitrogens with zero attached hydrogens (tertiary/aromatic N) is 4. The topological polar surface area (TPSA) is 359 Å². The van der Waals surface area contributed by atoms with E-state index in [0.717, 1.165) is 0 Å². The lowest BCUT2D eigenvalue weighted by Gasteiger charge is -2.33. The summed E-state index contributed by atoms with van der Waals surface area (Å²) in [7, 11) is 0. The van der Waals surface area contributed by atoms with Crippen molar-refractivity contribution in [3.63, 3.8) is 0 Å². The molecule has 400 valence electrons. The standard InChI is InChI=1S/C50H70N14O10/c1-23(2)17-33-44(68)61-39(25(5)6)46(70)59-34-20-29-28-12-11-26(38(24(3)4)40(47(71)58-33)62-43(67)31-13-14-37(65)55-31)18-32(28)56-41(29)63-21-27(54-22-63)19-35(49(73)74)60-42(66)30(9-7-15-53-50(51)52)57-45(69)36-10-8-16-64(36)48(34)72/h11-12,18,21-25,30-31,33-36,38-40,56H,7-10,13-17,19-20H2,1-6H3,(H,55,65)(H,57,69)(H,58,71)(H,59,70)(H,60,66)(H,61,68)(H,62,67)(H,73,74)(H4,51,52,53)/t30-,31-,33-,34-,35+,36-,38+,39-,40-/m0/s1. The molecule has 2 saturated heterocycles. The Labute approximate surface area is 428 Å². The molecule has 24 heteroatoms. The van der Waals surface area contributed by atoms with Gasteiger partial charge in [-0.3, -0.25) is 47.9 Å². The van der Waals surface area contributed by atoms with Crippen molar-refractivity contribution in [1.82, 2.24) is 56.7 Å². The fraction of sp³-hybridized carbons (Fsp3) is 0.580. The number of hydrogen-bond donors (Lipinski definition) is 11. The van der Waals surface area contributed by atoms with Crippen LogP contribution in [0.2, 0.25) is 0 Å². The summed E-state index contributed by atoms with van der Waals surface area (Å²) < 4.78 is 1.61. The summed E-state index contributed by atoms with van der Waals surface area (Å²) in [5, 5.41) is 30.6. The molecule has 13 N–H and O–H groups in total. The number of rotatable bonds is 11. The predicted molar refractivity (Wildman–Crippen MR) is 270 cm³/mol. The quantitative estimate of drug-likeness (QED) is 0.0487. The summed E-state index contributed by atoms with van der Waals surface area (Å²) >= 11 is 0. The van der Waals surface area contributed by atoms with Gasteiger partial charge in [0.15, 0.2) is 5.96 Å². The largest absolute Gasteiger partial charge is 0.480 e. The second-order valence-electron chi connectivity index (χ2n) is 20.9. The summed E-state index contributed by atoms with van der Waals surface area (Å²) in [6.07, 6.45) is 3.94. The molecule has 24 nitrogen and oxygen atoms in total. The number of aliphatic carboxylic acids is 1. The van der Waals surface area contributed by atoms with Gasteiger partial charge in [-0.25, -0.2) is 9.78 Å². The summed E-state index contributed by atoms with van der Waals surface area (Å²) in [5.41, 5.74) is 12.9. The minimum Gasteiger partial charge on any atom is -0.480 e. The van der Waals surface area contributed by atoms with E-state index in [0.29, 0.717) is 34.3 Å². The Morgan fingerprint density at radius 1 is 0.838 bits per heavy atom.